The van der Waals surface area contributed by atoms with Gasteiger partial charge in [0.2, 0.25) is 0 Å². The first-order valence-electron chi connectivity index (χ1n) is 5.10. The van der Waals surface area contributed by atoms with Crippen molar-refractivity contribution in [3.05, 3.63) is 12.0 Å². The Balaban J connectivity index is 2.68. The van der Waals surface area contributed by atoms with Crippen molar-refractivity contribution in [3.63, 3.8) is 0 Å². The van der Waals surface area contributed by atoms with Gasteiger partial charge in [-0.15, -0.1) is 0 Å². The smallest absolute Gasteiger partial charge is 0.357 e. The Morgan fingerprint density at radius 2 is 2.00 bits per heavy atom. The minimum atomic E-state index is -1.11. The molecule has 0 spiro atoms. The van der Waals surface area contributed by atoms with Gasteiger partial charge in [0.25, 0.3) is 6.01 Å². The summed E-state index contributed by atoms with van der Waals surface area (Å²) < 4.78 is 15.0. The average Bonchev–Trinajstić information content (AvgIpc) is 2.79. The number of carboxylic acid groups (broad SMARTS) is 1. The molecular formula is C10H16N2O5. The van der Waals surface area contributed by atoms with E-state index in [1.807, 2.05) is 0 Å². The van der Waals surface area contributed by atoms with E-state index in [1.165, 1.54) is 0 Å². The van der Waals surface area contributed by atoms with Crippen LogP contribution < -0.4 is 4.90 Å². The highest BCUT2D eigenvalue weighted by atomic mass is 16.5. The SMILES string of the molecule is COCCN(CCOC)c1nc(C(=O)O)co1. The molecule has 0 atom stereocenters. The second kappa shape index (κ2) is 6.87. The van der Waals surface area contributed by atoms with E-state index in [0.717, 1.165) is 6.26 Å². The second-order valence-electron chi connectivity index (χ2n) is 3.29. The molecule has 7 heteroatoms. The van der Waals surface area contributed by atoms with Crippen LogP contribution >= 0.6 is 0 Å². The number of oxazole rings is 1. The number of carboxylic acids is 1. The maximum atomic E-state index is 10.7. The van der Waals surface area contributed by atoms with E-state index < -0.39 is 5.97 Å². The van der Waals surface area contributed by atoms with E-state index in [0.29, 0.717) is 26.3 Å². The molecule has 96 valence electrons. The third-order valence-corrected chi connectivity index (χ3v) is 2.11. The summed E-state index contributed by atoms with van der Waals surface area (Å²) in [7, 11) is 3.18. The Kier molecular flexibility index (Phi) is 5.44. The molecule has 0 unspecified atom stereocenters. The van der Waals surface area contributed by atoms with E-state index in [2.05, 4.69) is 4.98 Å². The van der Waals surface area contributed by atoms with E-state index >= 15 is 0 Å². The van der Waals surface area contributed by atoms with Crippen molar-refractivity contribution in [2.24, 2.45) is 0 Å². The number of rotatable bonds is 8. The lowest BCUT2D eigenvalue weighted by Crippen LogP contribution is -2.30. The summed E-state index contributed by atoms with van der Waals surface area (Å²) in [4.78, 5) is 16.3. The van der Waals surface area contributed by atoms with Gasteiger partial charge in [-0.05, 0) is 0 Å². The number of anilines is 1. The summed E-state index contributed by atoms with van der Waals surface area (Å²) >= 11 is 0. The van der Waals surface area contributed by atoms with Crippen LogP contribution in [0.2, 0.25) is 0 Å². The highest BCUT2D eigenvalue weighted by Crippen LogP contribution is 2.13. The van der Waals surface area contributed by atoms with Crippen LogP contribution in [0.4, 0.5) is 6.01 Å². The van der Waals surface area contributed by atoms with Gasteiger partial charge in [-0.3, -0.25) is 0 Å². The molecule has 0 saturated carbocycles. The molecule has 0 aliphatic heterocycles. The Morgan fingerprint density at radius 3 is 2.41 bits per heavy atom. The van der Waals surface area contributed by atoms with Gasteiger partial charge in [0.05, 0.1) is 13.2 Å². The van der Waals surface area contributed by atoms with Crippen molar-refractivity contribution in [1.29, 1.82) is 0 Å². The fourth-order valence-corrected chi connectivity index (χ4v) is 1.21. The molecule has 0 aliphatic carbocycles. The molecule has 0 radical (unpaired) electrons. The molecule has 17 heavy (non-hydrogen) atoms. The lowest BCUT2D eigenvalue weighted by atomic mass is 10.5. The number of aromatic carboxylic acids is 1. The molecule has 1 rings (SSSR count). The molecule has 0 bridgehead atoms. The summed E-state index contributed by atoms with van der Waals surface area (Å²) in [5.41, 5.74) is -0.111. The molecule has 0 saturated heterocycles. The van der Waals surface area contributed by atoms with Gasteiger partial charge in [0.15, 0.2) is 5.69 Å². The minimum Gasteiger partial charge on any atom is -0.476 e. The first kappa shape index (κ1) is 13.5. The van der Waals surface area contributed by atoms with Crippen LogP contribution in [0.3, 0.4) is 0 Å². The maximum Gasteiger partial charge on any atom is 0.357 e. The molecule has 0 amide bonds. The Morgan fingerprint density at radius 1 is 1.41 bits per heavy atom. The monoisotopic (exact) mass is 244 g/mol. The molecule has 0 aliphatic rings. The Labute approximate surface area is 98.9 Å². The van der Waals surface area contributed by atoms with Crippen LogP contribution in [0.25, 0.3) is 0 Å². The van der Waals surface area contributed by atoms with E-state index in [9.17, 15) is 4.79 Å². The van der Waals surface area contributed by atoms with Gasteiger partial charge in [0, 0.05) is 27.3 Å². The third-order valence-electron chi connectivity index (χ3n) is 2.11. The Bertz CT molecular complexity index is 344. The average molecular weight is 244 g/mol. The van der Waals surface area contributed by atoms with Gasteiger partial charge >= 0.3 is 5.97 Å². The standard InChI is InChI=1S/C10H16N2O5/c1-15-5-3-12(4-6-16-2)10-11-8(7-17-10)9(13)14/h7H,3-6H2,1-2H3,(H,13,14). The van der Waals surface area contributed by atoms with E-state index in [1.54, 1.807) is 19.1 Å². The van der Waals surface area contributed by atoms with Crippen molar-refractivity contribution >= 4 is 12.0 Å². The van der Waals surface area contributed by atoms with Gasteiger partial charge < -0.3 is 23.9 Å². The maximum absolute atomic E-state index is 10.7. The summed E-state index contributed by atoms with van der Waals surface area (Å²) in [6.45, 7) is 2.10. The van der Waals surface area contributed by atoms with Crippen molar-refractivity contribution in [3.8, 4) is 0 Å². The lowest BCUT2D eigenvalue weighted by Gasteiger charge is -2.19. The van der Waals surface area contributed by atoms with Crippen molar-refractivity contribution < 1.29 is 23.8 Å². The molecule has 1 N–H and O–H groups in total. The molecule has 0 aromatic carbocycles. The zero-order chi connectivity index (χ0) is 12.7. The Hall–Kier alpha value is -1.60. The van der Waals surface area contributed by atoms with Crippen LogP contribution in [0, 0.1) is 0 Å². The van der Waals surface area contributed by atoms with Gasteiger partial charge in [0.1, 0.15) is 6.26 Å². The predicted octanol–water partition coefficient (Wildman–Crippen LogP) is 0.472. The third kappa shape index (κ3) is 4.04. The lowest BCUT2D eigenvalue weighted by molar-refractivity contribution is 0.0690. The first-order valence-corrected chi connectivity index (χ1v) is 5.10. The largest absolute Gasteiger partial charge is 0.476 e. The van der Waals surface area contributed by atoms with Crippen LogP contribution in [0.15, 0.2) is 10.7 Å². The number of nitrogens with zero attached hydrogens (tertiary/aromatic N) is 2. The number of hydrogen-bond acceptors (Lipinski definition) is 6. The number of hydrogen-bond donors (Lipinski definition) is 1. The fourth-order valence-electron chi connectivity index (χ4n) is 1.21. The highest BCUT2D eigenvalue weighted by molar-refractivity contribution is 5.85. The van der Waals surface area contributed by atoms with Crippen molar-refractivity contribution in [2.75, 3.05) is 45.4 Å². The molecule has 1 aromatic heterocycles. The van der Waals surface area contributed by atoms with Crippen molar-refractivity contribution in [2.45, 2.75) is 0 Å². The van der Waals surface area contributed by atoms with Crippen LogP contribution in [0.1, 0.15) is 10.5 Å². The van der Waals surface area contributed by atoms with Gasteiger partial charge in [-0.25, -0.2) is 4.79 Å². The fraction of sp³-hybridized carbons (Fsp3) is 0.600. The normalized spacial score (nSPS) is 10.5. The second-order valence-corrected chi connectivity index (χ2v) is 3.29. The summed E-state index contributed by atoms with van der Waals surface area (Å²) in [6.07, 6.45) is 1.12. The van der Waals surface area contributed by atoms with Crippen LogP contribution in [0.5, 0.6) is 0 Å². The molecular weight excluding hydrogens is 228 g/mol. The van der Waals surface area contributed by atoms with Crippen LogP contribution in [-0.2, 0) is 9.47 Å². The minimum absolute atomic E-state index is 0.111. The summed E-state index contributed by atoms with van der Waals surface area (Å²) in [5, 5.41) is 8.74. The first-order chi connectivity index (χ1) is 8.19. The number of ether oxygens (including phenoxy) is 2. The zero-order valence-electron chi connectivity index (χ0n) is 9.88. The molecule has 7 nitrogen and oxygen atoms in total. The quantitative estimate of drug-likeness (QED) is 0.711. The summed E-state index contributed by atoms with van der Waals surface area (Å²) in [6, 6.07) is 0.261. The van der Waals surface area contributed by atoms with Crippen molar-refractivity contribution in [1.82, 2.24) is 4.98 Å². The molecule has 1 heterocycles. The molecule has 0 fully saturated rings. The van der Waals surface area contributed by atoms with Gasteiger partial charge in [-0.1, -0.05) is 0 Å². The van der Waals surface area contributed by atoms with E-state index in [-0.39, 0.29) is 11.7 Å². The predicted molar refractivity (Wildman–Crippen MR) is 59.4 cm³/mol. The number of aromatic nitrogens is 1. The summed E-state index contributed by atoms with van der Waals surface area (Å²) in [5.74, 6) is -1.11. The highest BCUT2D eigenvalue weighted by Gasteiger charge is 2.15. The van der Waals surface area contributed by atoms with Gasteiger partial charge in [-0.2, -0.15) is 4.98 Å². The van der Waals surface area contributed by atoms with Crippen LogP contribution in [-0.4, -0.2) is 56.6 Å². The van der Waals surface area contributed by atoms with E-state index in [4.69, 9.17) is 19.0 Å². The number of methoxy groups -OCH3 is 2. The zero-order valence-corrected chi connectivity index (χ0v) is 9.88. The molecule has 1 aromatic rings. The topological polar surface area (TPSA) is 85.0 Å². The number of carbonyl (C=O) groups is 1.